The van der Waals surface area contributed by atoms with E-state index < -0.39 is 0 Å². The van der Waals surface area contributed by atoms with E-state index in [2.05, 4.69) is 42.3 Å². The van der Waals surface area contributed by atoms with Crippen LogP contribution in [0.25, 0.3) is 11.1 Å². The van der Waals surface area contributed by atoms with Crippen molar-refractivity contribution in [3.63, 3.8) is 0 Å². The van der Waals surface area contributed by atoms with Crippen LogP contribution in [-0.4, -0.2) is 4.98 Å². The molecule has 0 fully saturated rings. The molecule has 0 amide bonds. The van der Waals surface area contributed by atoms with Gasteiger partial charge in [-0.2, -0.15) is 0 Å². The predicted octanol–water partition coefficient (Wildman–Crippen LogP) is 4.50. The van der Waals surface area contributed by atoms with Crippen molar-refractivity contribution in [2.24, 2.45) is 0 Å². The Kier molecular flexibility index (Phi) is 2.75. The van der Waals surface area contributed by atoms with Crippen LogP contribution in [0.15, 0.2) is 40.8 Å². The number of rotatable bonds is 2. The molecule has 0 spiro atoms. The van der Waals surface area contributed by atoms with Crippen molar-refractivity contribution in [3.05, 3.63) is 53.4 Å². The van der Waals surface area contributed by atoms with Crippen LogP contribution in [0.1, 0.15) is 17.0 Å². The number of nitrogens with zero attached hydrogens (tertiary/aromatic N) is 1. The molecule has 1 heterocycles. The summed E-state index contributed by atoms with van der Waals surface area (Å²) in [5, 5.41) is 3.47. The molecular formula is C16H16N2O. The molecule has 3 nitrogen and oxygen atoms in total. The SMILES string of the molecule is Cc1nc2c(Nc3c(C)cccc3C)cccc2o1. The molecule has 2 aromatic carbocycles. The van der Waals surface area contributed by atoms with Gasteiger partial charge in [0.05, 0.1) is 5.69 Å². The van der Waals surface area contributed by atoms with Gasteiger partial charge in [0.2, 0.25) is 0 Å². The van der Waals surface area contributed by atoms with Gasteiger partial charge in [0.15, 0.2) is 11.5 Å². The minimum atomic E-state index is 0.686. The minimum absolute atomic E-state index is 0.686. The number of hydrogen-bond donors (Lipinski definition) is 1. The molecule has 0 bridgehead atoms. The van der Waals surface area contributed by atoms with E-state index in [1.54, 1.807) is 0 Å². The van der Waals surface area contributed by atoms with Gasteiger partial charge in [-0.15, -0.1) is 0 Å². The highest BCUT2D eigenvalue weighted by atomic mass is 16.3. The normalized spacial score (nSPS) is 10.9. The van der Waals surface area contributed by atoms with Gasteiger partial charge in [0.25, 0.3) is 0 Å². The Hall–Kier alpha value is -2.29. The molecule has 0 atom stereocenters. The second-order valence-electron chi connectivity index (χ2n) is 4.78. The van der Waals surface area contributed by atoms with Crippen molar-refractivity contribution in [3.8, 4) is 0 Å². The zero-order valence-corrected chi connectivity index (χ0v) is 11.3. The molecule has 96 valence electrons. The number of fused-ring (bicyclic) bond motifs is 1. The molecule has 19 heavy (non-hydrogen) atoms. The van der Waals surface area contributed by atoms with E-state index in [4.69, 9.17) is 4.42 Å². The Morgan fingerprint density at radius 1 is 0.947 bits per heavy atom. The lowest BCUT2D eigenvalue weighted by atomic mass is 10.1. The summed E-state index contributed by atoms with van der Waals surface area (Å²) in [6.07, 6.45) is 0. The summed E-state index contributed by atoms with van der Waals surface area (Å²) in [6, 6.07) is 12.2. The van der Waals surface area contributed by atoms with Crippen molar-refractivity contribution in [1.82, 2.24) is 4.98 Å². The molecule has 3 rings (SSSR count). The summed E-state index contributed by atoms with van der Waals surface area (Å²) in [7, 11) is 0. The third-order valence-electron chi connectivity index (χ3n) is 3.27. The lowest BCUT2D eigenvalue weighted by Crippen LogP contribution is -1.96. The van der Waals surface area contributed by atoms with Crippen molar-refractivity contribution in [2.75, 3.05) is 5.32 Å². The monoisotopic (exact) mass is 252 g/mol. The molecule has 1 N–H and O–H groups in total. The smallest absolute Gasteiger partial charge is 0.192 e. The van der Waals surface area contributed by atoms with Gasteiger partial charge in [-0.05, 0) is 37.1 Å². The maximum absolute atomic E-state index is 5.56. The van der Waals surface area contributed by atoms with Gasteiger partial charge in [-0.1, -0.05) is 24.3 Å². The van der Waals surface area contributed by atoms with Crippen molar-refractivity contribution in [1.29, 1.82) is 0 Å². The molecule has 1 aromatic heterocycles. The van der Waals surface area contributed by atoms with Gasteiger partial charge >= 0.3 is 0 Å². The average molecular weight is 252 g/mol. The third-order valence-corrected chi connectivity index (χ3v) is 3.27. The minimum Gasteiger partial charge on any atom is -0.441 e. The van der Waals surface area contributed by atoms with Gasteiger partial charge in [0.1, 0.15) is 5.52 Å². The summed E-state index contributed by atoms with van der Waals surface area (Å²) in [5.74, 6) is 0.686. The van der Waals surface area contributed by atoms with Crippen LogP contribution >= 0.6 is 0 Å². The first kappa shape index (κ1) is 11.8. The molecule has 0 radical (unpaired) electrons. The van der Waals surface area contributed by atoms with Crippen molar-refractivity contribution in [2.45, 2.75) is 20.8 Å². The van der Waals surface area contributed by atoms with Crippen LogP contribution in [0, 0.1) is 20.8 Å². The zero-order chi connectivity index (χ0) is 13.4. The second kappa shape index (κ2) is 4.43. The van der Waals surface area contributed by atoms with Crippen LogP contribution in [0.5, 0.6) is 0 Å². The highest BCUT2D eigenvalue weighted by Crippen LogP contribution is 2.29. The topological polar surface area (TPSA) is 38.1 Å². The van der Waals surface area contributed by atoms with E-state index in [1.807, 2.05) is 25.1 Å². The van der Waals surface area contributed by atoms with Crippen LogP contribution in [0.2, 0.25) is 0 Å². The number of para-hydroxylation sites is 2. The van der Waals surface area contributed by atoms with Crippen molar-refractivity contribution >= 4 is 22.5 Å². The molecule has 0 aliphatic carbocycles. The summed E-state index contributed by atoms with van der Waals surface area (Å²) >= 11 is 0. The molecule has 0 aliphatic rings. The Morgan fingerprint density at radius 2 is 1.63 bits per heavy atom. The van der Waals surface area contributed by atoms with Gasteiger partial charge < -0.3 is 9.73 Å². The lowest BCUT2D eigenvalue weighted by molar-refractivity contribution is 0.561. The summed E-state index contributed by atoms with van der Waals surface area (Å²) in [6.45, 7) is 6.07. The molecule has 0 saturated carbocycles. The number of hydrogen-bond acceptors (Lipinski definition) is 3. The number of benzene rings is 2. The summed E-state index contributed by atoms with van der Waals surface area (Å²) in [5.41, 5.74) is 6.24. The van der Waals surface area contributed by atoms with E-state index in [1.165, 1.54) is 11.1 Å². The van der Waals surface area contributed by atoms with Gasteiger partial charge in [-0.25, -0.2) is 4.98 Å². The summed E-state index contributed by atoms with van der Waals surface area (Å²) < 4.78 is 5.56. The Morgan fingerprint density at radius 3 is 2.37 bits per heavy atom. The number of oxazole rings is 1. The Balaban J connectivity index is 2.11. The zero-order valence-electron chi connectivity index (χ0n) is 11.3. The number of aryl methyl sites for hydroxylation is 3. The predicted molar refractivity (Wildman–Crippen MR) is 77.9 cm³/mol. The second-order valence-corrected chi connectivity index (χ2v) is 4.78. The van der Waals surface area contributed by atoms with Gasteiger partial charge in [0, 0.05) is 12.6 Å². The maximum atomic E-state index is 5.56. The van der Waals surface area contributed by atoms with E-state index in [0.29, 0.717) is 5.89 Å². The molecule has 3 heteroatoms. The van der Waals surface area contributed by atoms with Crippen LogP contribution in [0.3, 0.4) is 0 Å². The van der Waals surface area contributed by atoms with E-state index in [-0.39, 0.29) is 0 Å². The molecule has 0 aliphatic heterocycles. The standard InChI is InChI=1S/C16H16N2O/c1-10-6-4-7-11(2)15(10)18-13-8-5-9-14-16(13)17-12(3)19-14/h4-9,18H,1-3H3. The highest BCUT2D eigenvalue weighted by molar-refractivity contribution is 5.89. The average Bonchev–Trinajstić information content (AvgIpc) is 2.75. The van der Waals surface area contributed by atoms with Gasteiger partial charge in [-0.3, -0.25) is 0 Å². The van der Waals surface area contributed by atoms with Crippen molar-refractivity contribution < 1.29 is 4.42 Å². The first-order valence-corrected chi connectivity index (χ1v) is 6.34. The Labute approximate surface area is 112 Å². The first-order valence-electron chi connectivity index (χ1n) is 6.34. The molecule has 0 unspecified atom stereocenters. The molecular weight excluding hydrogens is 236 g/mol. The maximum Gasteiger partial charge on any atom is 0.192 e. The summed E-state index contributed by atoms with van der Waals surface area (Å²) in [4.78, 5) is 4.44. The lowest BCUT2D eigenvalue weighted by Gasteiger charge is -2.12. The highest BCUT2D eigenvalue weighted by Gasteiger charge is 2.09. The van der Waals surface area contributed by atoms with E-state index in [0.717, 1.165) is 22.5 Å². The molecule has 3 aromatic rings. The number of nitrogens with one attached hydrogen (secondary N) is 1. The van der Waals surface area contributed by atoms with Crippen LogP contribution < -0.4 is 5.32 Å². The fourth-order valence-corrected chi connectivity index (χ4v) is 2.31. The molecule has 0 saturated heterocycles. The fraction of sp³-hybridized carbons (Fsp3) is 0.188. The fourth-order valence-electron chi connectivity index (χ4n) is 2.31. The van der Waals surface area contributed by atoms with E-state index >= 15 is 0 Å². The quantitative estimate of drug-likeness (QED) is 0.730. The van der Waals surface area contributed by atoms with Crippen LogP contribution in [-0.2, 0) is 0 Å². The largest absolute Gasteiger partial charge is 0.441 e. The number of anilines is 2. The first-order chi connectivity index (χ1) is 9.15. The third kappa shape index (κ3) is 2.08. The Bertz CT molecular complexity index is 723. The van der Waals surface area contributed by atoms with Crippen LogP contribution in [0.4, 0.5) is 11.4 Å². The van der Waals surface area contributed by atoms with E-state index in [9.17, 15) is 0 Å². The number of aromatic nitrogens is 1.